The summed E-state index contributed by atoms with van der Waals surface area (Å²) >= 11 is 8.29. The Morgan fingerprint density at radius 1 is 1.57 bits per heavy atom. The van der Waals surface area contributed by atoms with Gasteiger partial charge >= 0.3 is 0 Å². The van der Waals surface area contributed by atoms with Crippen LogP contribution in [-0.2, 0) is 0 Å². The van der Waals surface area contributed by atoms with Crippen LogP contribution >= 0.6 is 61.1 Å². The van der Waals surface area contributed by atoms with E-state index in [2.05, 4.69) is 68.0 Å². The molecule has 1 unspecified atom stereocenters. The van der Waals surface area contributed by atoms with Crippen molar-refractivity contribution < 1.29 is 0 Å². The van der Waals surface area contributed by atoms with Crippen molar-refractivity contribution in [3.63, 3.8) is 0 Å². The number of hydrogen-bond donors (Lipinski definition) is 0. The maximum absolute atomic E-state index is 3.47. The Labute approximate surface area is 80.2 Å². The third-order valence-corrected chi connectivity index (χ3v) is 1.89. The zero-order valence-electron chi connectivity index (χ0n) is 4.00. The molecule has 0 aromatic heterocycles. The van der Waals surface area contributed by atoms with E-state index in [0.29, 0.717) is 4.83 Å². The molecule has 0 amide bonds. The second-order valence-corrected chi connectivity index (χ2v) is 8.36. The van der Waals surface area contributed by atoms with E-state index in [9.17, 15) is 0 Å². The van der Waals surface area contributed by atoms with Gasteiger partial charge in [0.25, 0.3) is 0 Å². The smallest absolute Gasteiger partial charge is 0.0637 e. The van der Waals surface area contributed by atoms with E-state index >= 15 is 0 Å². The molecule has 0 radical (unpaired) electrons. The number of hydrogen-bond acceptors (Lipinski definition) is 0. The van der Waals surface area contributed by atoms with Gasteiger partial charge in [-0.25, -0.2) is 0 Å². The van der Waals surface area contributed by atoms with E-state index in [1.54, 1.807) is 0 Å². The van der Waals surface area contributed by atoms with Gasteiger partial charge in [-0.2, -0.15) is 0 Å². The molecule has 0 aliphatic heterocycles. The molecule has 44 valence electrons. The molecule has 0 saturated carbocycles. The molecule has 7 heavy (non-hydrogen) atoms. The molecule has 0 saturated heterocycles. The molecule has 0 bridgehead atoms. The van der Waals surface area contributed by atoms with Crippen molar-refractivity contribution in [1.29, 1.82) is 0 Å². The first-order valence-corrected chi connectivity index (χ1v) is 5.46. The fourth-order valence-electron chi connectivity index (χ4n) is 0.246. The van der Waals surface area contributed by atoms with Crippen LogP contribution < -0.4 is 0 Å². The van der Waals surface area contributed by atoms with Crippen LogP contribution in [0.5, 0.6) is 0 Å². The second kappa shape index (κ2) is 4.78. The monoisotopic (exact) mass is 388 g/mol. The van der Waals surface area contributed by atoms with Gasteiger partial charge in [0, 0.05) is 4.83 Å². The van der Waals surface area contributed by atoms with Gasteiger partial charge in [0.15, 0.2) is 0 Å². The van der Waals surface area contributed by atoms with Crippen molar-refractivity contribution in [2.75, 3.05) is 0 Å². The van der Waals surface area contributed by atoms with Crippen LogP contribution in [0.4, 0.5) is 0 Å². The molecule has 0 heterocycles. The van der Waals surface area contributed by atoms with E-state index in [-0.39, 0.29) is 0 Å². The van der Waals surface area contributed by atoms with Gasteiger partial charge in [-0.3, -0.25) is 0 Å². The topological polar surface area (TPSA) is 0 Å². The summed E-state index contributed by atoms with van der Waals surface area (Å²) in [5.41, 5.74) is 0. The fraction of sp³-hybridized carbons (Fsp3) is 1.00. The molecule has 0 aliphatic rings. The largest absolute Gasteiger partial charge is 0.0893 e. The summed E-state index contributed by atoms with van der Waals surface area (Å²) in [5.74, 6) is 0. The minimum Gasteiger partial charge on any atom is -0.0893 e. The first-order valence-electron chi connectivity index (χ1n) is 2.05. The summed E-state index contributed by atoms with van der Waals surface area (Å²) in [4.78, 5) is 0.672. The predicted octanol–water partition coefficient (Wildman–Crippen LogP) is 3.36. The SMILES string of the molecule is CC(Br)CC(I)I. The Morgan fingerprint density at radius 2 is 2.00 bits per heavy atom. The number of halogens is 3. The van der Waals surface area contributed by atoms with Crippen LogP contribution in [0, 0.1) is 0 Å². The first kappa shape index (κ1) is 8.94. The molecule has 1 atom stereocenters. The number of rotatable bonds is 2. The summed E-state index contributed by atoms with van der Waals surface area (Å²) in [5, 5.41) is 0. The van der Waals surface area contributed by atoms with Crippen molar-refractivity contribution in [3.8, 4) is 0 Å². The summed E-state index contributed by atoms with van der Waals surface area (Å²) < 4.78 is 0.768. The molecule has 0 spiro atoms. The summed E-state index contributed by atoms with van der Waals surface area (Å²) in [6.45, 7) is 2.17. The molecule has 0 aromatic rings. The standard InChI is InChI=1S/C4H7BrI2/c1-3(5)2-4(6)7/h3-4H,2H2,1H3. The minimum atomic E-state index is 0.672. The van der Waals surface area contributed by atoms with E-state index in [1.165, 1.54) is 6.42 Å². The Kier molecular flexibility index (Phi) is 6.11. The average molecular weight is 389 g/mol. The maximum Gasteiger partial charge on any atom is 0.0637 e. The van der Waals surface area contributed by atoms with Crippen molar-refractivity contribution in [2.45, 2.75) is 20.1 Å². The zero-order valence-corrected chi connectivity index (χ0v) is 9.90. The molecular formula is C4H7BrI2. The van der Waals surface area contributed by atoms with Gasteiger partial charge in [-0.05, 0) is 6.42 Å². The molecule has 3 heteroatoms. The maximum atomic E-state index is 3.47. The number of alkyl halides is 3. The Bertz CT molecular complexity index is 39.0. The molecule has 0 fully saturated rings. The third kappa shape index (κ3) is 7.94. The van der Waals surface area contributed by atoms with Crippen LogP contribution in [-0.4, -0.2) is 6.76 Å². The second-order valence-electron chi connectivity index (χ2n) is 1.41. The minimum absolute atomic E-state index is 0.672. The van der Waals surface area contributed by atoms with Crippen molar-refractivity contribution in [2.24, 2.45) is 0 Å². The highest BCUT2D eigenvalue weighted by Gasteiger charge is 2.00. The quantitative estimate of drug-likeness (QED) is 0.502. The summed E-state index contributed by atoms with van der Waals surface area (Å²) in [6, 6.07) is 0. The zero-order chi connectivity index (χ0) is 5.86. The normalized spacial score (nSPS) is 15.0. The molecule has 0 nitrogen and oxygen atoms in total. The van der Waals surface area contributed by atoms with Crippen LogP contribution in [0.2, 0.25) is 0 Å². The van der Waals surface area contributed by atoms with E-state index in [4.69, 9.17) is 0 Å². The average Bonchev–Trinajstić information content (AvgIpc) is 1.27. The molecule has 0 N–H and O–H groups in total. The van der Waals surface area contributed by atoms with Crippen molar-refractivity contribution in [1.82, 2.24) is 0 Å². The molecule has 0 aromatic carbocycles. The lowest BCUT2D eigenvalue weighted by atomic mass is 10.4. The van der Waals surface area contributed by atoms with Crippen molar-refractivity contribution in [3.05, 3.63) is 0 Å². The van der Waals surface area contributed by atoms with Crippen molar-refractivity contribution >= 4 is 61.1 Å². The Hall–Kier alpha value is 1.94. The highest BCUT2D eigenvalue weighted by atomic mass is 127. The highest BCUT2D eigenvalue weighted by molar-refractivity contribution is 14.2. The predicted molar refractivity (Wildman–Crippen MR) is 54.8 cm³/mol. The van der Waals surface area contributed by atoms with Crippen LogP contribution in [0.25, 0.3) is 0 Å². The van der Waals surface area contributed by atoms with Gasteiger partial charge in [-0.15, -0.1) is 0 Å². The van der Waals surface area contributed by atoms with E-state index < -0.39 is 0 Å². The molecule has 0 aliphatic carbocycles. The molecule has 0 rings (SSSR count). The first-order chi connectivity index (χ1) is 3.13. The lowest BCUT2D eigenvalue weighted by molar-refractivity contribution is 0.933. The fourth-order valence-corrected chi connectivity index (χ4v) is 3.54. The summed E-state index contributed by atoms with van der Waals surface area (Å²) in [7, 11) is 0. The van der Waals surface area contributed by atoms with E-state index in [1.807, 2.05) is 0 Å². The Balaban J connectivity index is 2.95. The summed E-state index contributed by atoms with van der Waals surface area (Å²) in [6.07, 6.45) is 1.25. The lowest BCUT2D eigenvalue weighted by Gasteiger charge is -2.00. The van der Waals surface area contributed by atoms with Gasteiger partial charge in [-0.1, -0.05) is 68.0 Å². The van der Waals surface area contributed by atoms with Gasteiger partial charge in [0.1, 0.15) is 0 Å². The van der Waals surface area contributed by atoms with Gasteiger partial charge < -0.3 is 0 Å². The van der Waals surface area contributed by atoms with Gasteiger partial charge in [0.2, 0.25) is 0 Å². The Morgan fingerprint density at radius 3 is 2.00 bits per heavy atom. The van der Waals surface area contributed by atoms with Crippen LogP contribution in [0.15, 0.2) is 0 Å². The van der Waals surface area contributed by atoms with Gasteiger partial charge in [0.05, 0.1) is 1.93 Å². The van der Waals surface area contributed by atoms with Crippen LogP contribution in [0.3, 0.4) is 0 Å². The van der Waals surface area contributed by atoms with Crippen LogP contribution in [0.1, 0.15) is 13.3 Å². The molecular weight excluding hydrogens is 382 g/mol. The lowest BCUT2D eigenvalue weighted by Crippen LogP contribution is -1.94. The van der Waals surface area contributed by atoms with E-state index in [0.717, 1.165) is 1.93 Å². The third-order valence-electron chi connectivity index (χ3n) is 0.503. The highest BCUT2D eigenvalue weighted by Crippen LogP contribution is 2.19.